The Labute approximate surface area is 143 Å². The van der Waals surface area contributed by atoms with Crippen LogP contribution in [0, 0.1) is 0 Å². The third-order valence-corrected chi connectivity index (χ3v) is 3.42. The van der Waals surface area contributed by atoms with Gasteiger partial charge >= 0.3 is 12.0 Å². The second-order valence-electron chi connectivity index (χ2n) is 4.99. The highest BCUT2D eigenvalue weighted by Crippen LogP contribution is 2.15. The zero-order chi connectivity index (χ0) is 17.7. The molecule has 6 nitrogen and oxygen atoms in total. The van der Waals surface area contributed by atoms with Crippen LogP contribution in [0.3, 0.4) is 0 Å². The average Bonchev–Trinajstić information content (AvgIpc) is 2.55. The molecule has 2 rings (SSSR count). The van der Waals surface area contributed by atoms with Crippen LogP contribution in [-0.2, 0) is 4.74 Å². The van der Waals surface area contributed by atoms with Crippen LogP contribution < -0.4 is 11.1 Å². The average molecular weight is 347 g/mol. The van der Waals surface area contributed by atoms with Gasteiger partial charge in [0.15, 0.2) is 6.10 Å². The van der Waals surface area contributed by atoms with Gasteiger partial charge in [-0.3, -0.25) is 4.79 Å². The molecule has 3 N–H and O–H groups in total. The number of benzene rings is 2. The molecule has 0 radical (unpaired) electrons. The lowest BCUT2D eigenvalue weighted by molar-refractivity contribution is 0.0319. The number of carbonyl (C=O) groups excluding carboxylic acids is 3. The number of carbonyl (C=O) groups is 3. The summed E-state index contributed by atoms with van der Waals surface area (Å²) in [7, 11) is 0. The van der Waals surface area contributed by atoms with Gasteiger partial charge in [0.2, 0.25) is 5.78 Å². The molecular formula is C17H15ClN2O4. The van der Waals surface area contributed by atoms with E-state index >= 15 is 0 Å². The van der Waals surface area contributed by atoms with E-state index in [1.165, 1.54) is 31.2 Å². The number of nitrogens with two attached hydrogens (primary N) is 1. The maximum atomic E-state index is 12.2. The largest absolute Gasteiger partial charge is 0.451 e. The van der Waals surface area contributed by atoms with Crippen LogP contribution in [0.25, 0.3) is 0 Å². The summed E-state index contributed by atoms with van der Waals surface area (Å²) in [5, 5.41) is 2.89. The van der Waals surface area contributed by atoms with Crippen LogP contribution in [-0.4, -0.2) is 23.9 Å². The van der Waals surface area contributed by atoms with Crippen molar-refractivity contribution >= 4 is 35.1 Å². The standard InChI is InChI=1S/C17H15ClN2O4/c1-10(15(21)11-2-6-13(18)7-3-11)24-16(22)12-4-8-14(9-5-12)20-17(19)23/h2-10H,1H3,(H3,19,20,23)/t10-/m1/s1. The molecule has 7 heteroatoms. The lowest BCUT2D eigenvalue weighted by atomic mass is 10.1. The summed E-state index contributed by atoms with van der Waals surface area (Å²) < 4.78 is 5.17. The summed E-state index contributed by atoms with van der Waals surface area (Å²) in [4.78, 5) is 35.0. The van der Waals surface area contributed by atoms with E-state index in [0.717, 1.165) is 0 Å². The number of ketones is 1. The van der Waals surface area contributed by atoms with Crippen molar-refractivity contribution in [2.75, 3.05) is 5.32 Å². The molecule has 0 bridgehead atoms. The van der Waals surface area contributed by atoms with Gasteiger partial charge in [-0.25, -0.2) is 9.59 Å². The van der Waals surface area contributed by atoms with Gasteiger partial charge < -0.3 is 15.8 Å². The quantitative estimate of drug-likeness (QED) is 0.641. The third kappa shape index (κ3) is 4.57. The van der Waals surface area contributed by atoms with E-state index in [0.29, 0.717) is 16.3 Å². The van der Waals surface area contributed by atoms with Gasteiger partial charge in [-0.2, -0.15) is 0 Å². The van der Waals surface area contributed by atoms with Crippen molar-refractivity contribution in [3.63, 3.8) is 0 Å². The Hall–Kier alpha value is -2.86. The molecule has 0 aliphatic rings. The smallest absolute Gasteiger partial charge is 0.338 e. The first-order chi connectivity index (χ1) is 11.4. The Bertz CT molecular complexity index is 757. The molecule has 0 saturated heterocycles. The summed E-state index contributed by atoms with van der Waals surface area (Å²) in [6, 6.07) is 11.6. The molecule has 124 valence electrons. The van der Waals surface area contributed by atoms with Crippen molar-refractivity contribution in [2.45, 2.75) is 13.0 Å². The summed E-state index contributed by atoms with van der Waals surface area (Å²) in [6.07, 6.45) is -0.943. The Morgan fingerprint density at radius 2 is 1.54 bits per heavy atom. The van der Waals surface area contributed by atoms with Gasteiger partial charge in [0.1, 0.15) is 0 Å². The summed E-state index contributed by atoms with van der Waals surface area (Å²) in [6.45, 7) is 1.50. The van der Waals surface area contributed by atoms with Crippen molar-refractivity contribution in [1.29, 1.82) is 0 Å². The van der Waals surface area contributed by atoms with Crippen LogP contribution in [0.2, 0.25) is 5.02 Å². The molecule has 0 unspecified atom stereocenters. The fraction of sp³-hybridized carbons (Fsp3) is 0.118. The lowest BCUT2D eigenvalue weighted by Gasteiger charge is -2.12. The number of Topliss-reactive ketones (excluding diaryl/α,β-unsaturated/α-hetero) is 1. The van der Waals surface area contributed by atoms with Gasteiger partial charge in [-0.15, -0.1) is 0 Å². The van der Waals surface area contributed by atoms with Crippen molar-refractivity contribution < 1.29 is 19.1 Å². The molecule has 0 spiro atoms. The molecule has 0 saturated carbocycles. The number of esters is 1. The minimum atomic E-state index is -0.943. The normalized spacial score (nSPS) is 11.4. The Morgan fingerprint density at radius 1 is 1.00 bits per heavy atom. The first-order valence-corrected chi connectivity index (χ1v) is 7.42. The van der Waals surface area contributed by atoms with Crippen molar-refractivity contribution in [2.24, 2.45) is 5.73 Å². The molecule has 0 aliphatic carbocycles. The summed E-state index contributed by atoms with van der Waals surface area (Å²) >= 11 is 5.77. The molecule has 1 atom stereocenters. The van der Waals surface area contributed by atoms with Gasteiger partial charge in [0.25, 0.3) is 0 Å². The van der Waals surface area contributed by atoms with Crippen LogP contribution >= 0.6 is 11.6 Å². The highest BCUT2D eigenvalue weighted by atomic mass is 35.5. The zero-order valence-electron chi connectivity index (χ0n) is 12.8. The van der Waals surface area contributed by atoms with E-state index in [4.69, 9.17) is 22.1 Å². The molecule has 0 heterocycles. The number of urea groups is 1. The number of ether oxygens (including phenoxy) is 1. The Kier molecular flexibility index (Phi) is 5.55. The topological polar surface area (TPSA) is 98.5 Å². The maximum Gasteiger partial charge on any atom is 0.338 e. The van der Waals surface area contributed by atoms with Crippen molar-refractivity contribution in [3.8, 4) is 0 Å². The second-order valence-corrected chi connectivity index (χ2v) is 5.42. The first kappa shape index (κ1) is 17.5. The first-order valence-electron chi connectivity index (χ1n) is 7.04. The highest BCUT2D eigenvalue weighted by Gasteiger charge is 2.20. The predicted octanol–water partition coefficient (Wildman–Crippen LogP) is 3.26. The van der Waals surface area contributed by atoms with Crippen LogP contribution in [0.5, 0.6) is 0 Å². The monoisotopic (exact) mass is 346 g/mol. The number of hydrogen-bond acceptors (Lipinski definition) is 4. The van der Waals surface area contributed by atoms with Gasteiger partial charge in [0.05, 0.1) is 5.56 Å². The fourth-order valence-electron chi connectivity index (χ4n) is 1.96. The minimum absolute atomic E-state index is 0.251. The van der Waals surface area contributed by atoms with Gasteiger partial charge in [-0.1, -0.05) is 11.6 Å². The lowest BCUT2D eigenvalue weighted by Crippen LogP contribution is -2.24. The van der Waals surface area contributed by atoms with Gasteiger partial charge in [-0.05, 0) is 55.5 Å². The Balaban J connectivity index is 2.01. The van der Waals surface area contributed by atoms with E-state index in [1.54, 1.807) is 24.3 Å². The number of primary amides is 1. The molecule has 2 amide bonds. The van der Waals surface area contributed by atoms with E-state index in [9.17, 15) is 14.4 Å². The molecule has 0 fully saturated rings. The van der Waals surface area contributed by atoms with Crippen molar-refractivity contribution in [1.82, 2.24) is 0 Å². The van der Waals surface area contributed by atoms with E-state index in [2.05, 4.69) is 5.32 Å². The maximum absolute atomic E-state index is 12.2. The minimum Gasteiger partial charge on any atom is -0.451 e. The number of amides is 2. The number of hydrogen-bond donors (Lipinski definition) is 2. The van der Waals surface area contributed by atoms with Crippen LogP contribution in [0.4, 0.5) is 10.5 Å². The van der Waals surface area contributed by atoms with Crippen LogP contribution in [0.1, 0.15) is 27.6 Å². The van der Waals surface area contributed by atoms with Crippen molar-refractivity contribution in [3.05, 3.63) is 64.7 Å². The third-order valence-electron chi connectivity index (χ3n) is 3.17. The summed E-state index contributed by atoms with van der Waals surface area (Å²) in [5.74, 6) is -0.970. The SMILES string of the molecule is C[C@@H](OC(=O)c1ccc(NC(N)=O)cc1)C(=O)c1ccc(Cl)cc1. The molecule has 0 aliphatic heterocycles. The number of anilines is 1. The fourth-order valence-corrected chi connectivity index (χ4v) is 2.09. The van der Waals surface area contributed by atoms with E-state index in [-0.39, 0.29) is 11.3 Å². The second kappa shape index (κ2) is 7.61. The predicted molar refractivity (Wildman–Crippen MR) is 90.3 cm³/mol. The number of rotatable bonds is 5. The highest BCUT2D eigenvalue weighted by molar-refractivity contribution is 6.30. The van der Waals surface area contributed by atoms with Crippen LogP contribution in [0.15, 0.2) is 48.5 Å². The number of halogens is 1. The van der Waals surface area contributed by atoms with E-state index < -0.39 is 18.1 Å². The zero-order valence-corrected chi connectivity index (χ0v) is 13.5. The molecule has 2 aromatic rings. The Morgan fingerprint density at radius 3 is 2.08 bits per heavy atom. The summed E-state index contributed by atoms with van der Waals surface area (Å²) in [5.41, 5.74) is 6.10. The molecule has 0 aromatic heterocycles. The van der Waals surface area contributed by atoms with E-state index in [1.807, 2.05) is 0 Å². The molecule has 24 heavy (non-hydrogen) atoms. The molecular weight excluding hydrogens is 332 g/mol. The van der Waals surface area contributed by atoms with Gasteiger partial charge in [0, 0.05) is 16.3 Å². The number of nitrogens with one attached hydrogen (secondary N) is 1. The molecule has 2 aromatic carbocycles.